The number of carboxylic acids is 1. The van der Waals surface area contributed by atoms with E-state index in [2.05, 4.69) is 4.99 Å². The summed E-state index contributed by atoms with van der Waals surface area (Å²) < 4.78 is 28.7. The maximum atomic E-state index is 14.1. The molecule has 134 valence electrons. The number of amides is 1. The zero-order chi connectivity index (χ0) is 19.0. The molecule has 0 aliphatic carbocycles. The molecule has 0 bridgehead atoms. The quantitative estimate of drug-likeness (QED) is 0.726. The lowest BCUT2D eigenvalue weighted by Crippen LogP contribution is -2.25. The van der Waals surface area contributed by atoms with E-state index in [1.165, 1.54) is 29.7 Å². The van der Waals surface area contributed by atoms with Crippen molar-refractivity contribution in [3.8, 4) is 0 Å². The highest BCUT2D eigenvalue weighted by molar-refractivity contribution is 7.16. The summed E-state index contributed by atoms with van der Waals surface area (Å²) in [5.41, 5.74) is 0.331. The Morgan fingerprint density at radius 1 is 1.27 bits per heavy atom. The molecule has 0 radical (unpaired) electrons. The molecule has 1 aromatic heterocycles. The Labute approximate surface area is 154 Å². The van der Waals surface area contributed by atoms with Gasteiger partial charge in [-0.1, -0.05) is 29.0 Å². The van der Waals surface area contributed by atoms with Gasteiger partial charge in [-0.15, -0.1) is 0 Å². The van der Waals surface area contributed by atoms with Crippen molar-refractivity contribution < 1.29 is 23.5 Å². The predicted octanol–water partition coefficient (Wildman–Crippen LogP) is 4.02. The summed E-state index contributed by atoms with van der Waals surface area (Å²) in [6.07, 6.45) is 0. The summed E-state index contributed by atoms with van der Waals surface area (Å²) >= 11 is 6.55. The maximum Gasteiger partial charge on any atom is 0.326 e. The molecule has 0 saturated carbocycles. The molecule has 1 atom stereocenters. The number of thiazole rings is 1. The molecule has 0 aliphatic heterocycles. The van der Waals surface area contributed by atoms with Gasteiger partial charge in [-0.25, -0.2) is 13.6 Å². The van der Waals surface area contributed by atoms with Crippen molar-refractivity contribution in [3.05, 3.63) is 63.4 Å². The highest BCUT2D eigenvalue weighted by atomic mass is 35.5. The van der Waals surface area contributed by atoms with E-state index in [4.69, 9.17) is 11.6 Å². The molecule has 2 aromatic carbocycles. The number of hydrogen-bond donors (Lipinski definition) is 1. The largest absolute Gasteiger partial charge is 0.480 e. The SMILES string of the molecule is CC(C(=O)O)n1c(=NC(=O)c2cccc(Cl)c2)sc2c(F)c(F)ccc21. The molecule has 1 amide bonds. The molecular formula is C17H11ClF2N2O3S. The van der Waals surface area contributed by atoms with Crippen LogP contribution in [0.4, 0.5) is 8.78 Å². The summed E-state index contributed by atoms with van der Waals surface area (Å²) in [4.78, 5) is 27.7. The van der Waals surface area contributed by atoms with E-state index >= 15 is 0 Å². The normalized spacial score (nSPS) is 13.2. The van der Waals surface area contributed by atoms with Gasteiger partial charge in [0.1, 0.15) is 6.04 Å². The van der Waals surface area contributed by atoms with Crippen molar-refractivity contribution >= 4 is 45.0 Å². The lowest BCUT2D eigenvalue weighted by molar-refractivity contribution is -0.140. The molecule has 1 N–H and O–H groups in total. The van der Waals surface area contributed by atoms with Crippen LogP contribution in [0, 0.1) is 11.6 Å². The van der Waals surface area contributed by atoms with E-state index in [-0.39, 0.29) is 20.6 Å². The smallest absolute Gasteiger partial charge is 0.326 e. The third kappa shape index (κ3) is 3.25. The summed E-state index contributed by atoms with van der Waals surface area (Å²) in [7, 11) is 0. The molecule has 3 aromatic rings. The minimum absolute atomic E-state index is 0.0515. The standard InChI is InChI=1S/C17H11ClF2N2O3S/c1-8(16(24)25)22-12-6-5-11(19)13(20)14(12)26-17(22)21-15(23)9-3-2-4-10(18)7-9/h2-8H,1H3,(H,24,25). The fraction of sp³-hybridized carbons (Fsp3) is 0.118. The Hall–Kier alpha value is -2.58. The summed E-state index contributed by atoms with van der Waals surface area (Å²) in [6, 6.07) is 7.08. The molecule has 9 heteroatoms. The molecule has 1 heterocycles. The Kier molecular flexibility index (Phi) is 4.88. The third-order valence-electron chi connectivity index (χ3n) is 3.70. The maximum absolute atomic E-state index is 14.1. The van der Waals surface area contributed by atoms with E-state index in [1.807, 2.05) is 0 Å². The van der Waals surface area contributed by atoms with Gasteiger partial charge in [0.05, 0.1) is 10.2 Å². The van der Waals surface area contributed by atoms with Crippen LogP contribution in [0.2, 0.25) is 5.02 Å². The van der Waals surface area contributed by atoms with Gasteiger partial charge in [0.25, 0.3) is 5.91 Å². The van der Waals surface area contributed by atoms with E-state index < -0.39 is 29.6 Å². The minimum atomic E-state index is -1.20. The number of aliphatic carboxylic acids is 1. The van der Waals surface area contributed by atoms with Crippen LogP contribution < -0.4 is 4.80 Å². The Morgan fingerprint density at radius 2 is 2.00 bits per heavy atom. The van der Waals surface area contributed by atoms with Gasteiger partial charge in [0.2, 0.25) is 0 Å². The van der Waals surface area contributed by atoms with Gasteiger partial charge in [-0.05, 0) is 37.3 Å². The first-order valence-corrected chi connectivity index (χ1v) is 8.55. The first-order chi connectivity index (χ1) is 12.3. The van der Waals surface area contributed by atoms with Gasteiger partial charge >= 0.3 is 5.97 Å². The number of hydrogen-bond acceptors (Lipinski definition) is 3. The zero-order valence-corrected chi connectivity index (χ0v) is 14.8. The van der Waals surface area contributed by atoms with Crippen LogP contribution in [0.3, 0.4) is 0 Å². The Balaban J connectivity index is 2.27. The van der Waals surface area contributed by atoms with Crippen LogP contribution in [0.25, 0.3) is 10.2 Å². The molecule has 0 spiro atoms. The second-order valence-electron chi connectivity index (χ2n) is 5.41. The van der Waals surface area contributed by atoms with Crippen molar-refractivity contribution in [1.82, 2.24) is 4.57 Å². The zero-order valence-electron chi connectivity index (χ0n) is 13.2. The number of carbonyl (C=O) groups is 2. The topological polar surface area (TPSA) is 71.7 Å². The molecule has 0 fully saturated rings. The third-order valence-corrected chi connectivity index (χ3v) is 5.00. The molecule has 0 saturated heterocycles. The number of fused-ring (bicyclic) bond motifs is 1. The lowest BCUT2D eigenvalue weighted by atomic mass is 10.2. The van der Waals surface area contributed by atoms with Crippen molar-refractivity contribution in [2.24, 2.45) is 4.99 Å². The van der Waals surface area contributed by atoms with Crippen molar-refractivity contribution in [3.63, 3.8) is 0 Å². The number of carbonyl (C=O) groups excluding carboxylic acids is 1. The van der Waals surface area contributed by atoms with Gasteiger partial charge in [-0.2, -0.15) is 4.99 Å². The average molecular weight is 397 g/mol. The van der Waals surface area contributed by atoms with Crippen molar-refractivity contribution in [1.29, 1.82) is 0 Å². The van der Waals surface area contributed by atoms with Crippen LogP contribution in [0.15, 0.2) is 41.4 Å². The highest BCUT2D eigenvalue weighted by Gasteiger charge is 2.22. The monoisotopic (exact) mass is 396 g/mol. The van der Waals surface area contributed by atoms with Crippen LogP contribution in [-0.4, -0.2) is 21.6 Å². The molecule has 0 aliphatic rings. The van der Waals surface area contributed by atoms with Gasteiger partial charge < -0.3 is 9.67 Å². The Morgan fingerprint density at radius 3 is 2.65 bits per heavy atom. The number of halogens is 3. The summed E-state index contributed by atoms with van der Waals surface area (Å²) in [5, 5.41) is 9.66. The van der Waals surface area contributed by atoms with Gasteiger partial charge in [-0.3, -0.25) is 4.79 Å². The molecule has 3 rings (SSSR count). The van der Waals surface area contributed by atoms with E-state index in [1.54, 1.807) is 12.1 Å². The van der Waals surface area contributed by atoms with Crippen LogP contribution in [0.1, 0.15) is 23.3 Å². The first kappa shape index (κ1) is 18.2. The minimum Gasteiger partial charge on any atom is -0.480 e. The number of rotatable bonds is 3. The van der Waals surface area contributed by atoms with E-state index in [0.29, 0.717) is 16.4 Å². The van der Waals surface area contributed by atoms with Crippen LogP contribution >= 0.6 is 22.9 Å². The predicted molar refractivity (Wildman–Crippen MR) is 93.4 cm³/mol. The first-order valence-electron chi connectivity index (χ1n) is 7.36. The summed E-state index contributed by atoms with van der Waals surface area (Å²) in [5.74, 6) is -4.06. The summed E-state index contributed by atoms with van der Waals surface area (Å²) in [6.45, 7) is 1.36. The molecule has 5 nitrogen and oxygen atoms in total. The second kappa shape index (κ2) is 6.97. The van der Waals surface area contributed by atoms with Crippen LogP contribution in [0.5, 0.6) is 0 Å². The molecule has 1 unspecified atom stereocenters. The fourth-order valence-electron chi connectivity index (χ4n) is 2.39. The van der Waals surface area contributed by atoms with E-state index in [9.17, 15) is 23.5 Å². The highest BCUT2D eigenvalue weighted by Crippen LogP contribution is 2.25. The van der Waals surface area contributed by atoms with Crippen molar-refractivity contribution in [2.75, 3.05) is 0 Å². The average Bonchev–Trinajstić information content (AvgIpc) is 2.96. The van der Waals surface area contributed by atoms with Crippen LogP contribution in [-0.2, 0) is 4.79 Å². The number of carboxylic acid groups (broad SMARTS) is 1. The Bertz CT molecular complexity index is 1110. The second-order valence-corrected chi connectivity index (χ2v) is 6.82. The number of nitrogens with zero attached hydrogens (tertiary/aromatic N) is 2. The molecule has 26 heavy (non-hydrogen) atoms. The van der Waals surface area contributed by atoms with Gasteiger partial charge in [0, 0.05) is 10.6 Å². The van der Waals surface area contributed by atoms with Crippen molar-refractivity contribution in [2.45, 2.75) is 13.0 Å². The molecular weight excluding hydrogens is 386 g/mol. The lowest BCUT2D eigenvalue weighted by Gasteiger charge is -2.10. The number of benzene rings is 2. The number of aromatic nitrogens is 1. The fourth-order valence-corrected chi connectivity index (χ4v) is 3.70. The van der Waals surface area contributed by atoms with Gasteiger partial charge in [0.15, 0.2) is 16.4 Å². The van der Waals surface area contributed by atoms with E-state index in [0.717, 1.165) is 6.07 Å².